The van der Waals surface area contributed by atoms with Crippen molar-refractivity contribution < 1.29 is 13.2 Å². The maximum Gasteiger partial charge on any atom is 0.142 e. The molecule has 1 nitrogen and oxygen atoms in total. The molecule has 0 spiro atoms. The van der Waals surface area contributed by atoms with Crippen molar-refractivity contribution in [3.05, 3.63) is 70.0 Å². The largest absolute Gasteiger partial charge is 0.320 e. The van der Waals surface area contributed by atoms with Gasteiger partial charge >= 0.3 is 0 Å². The van der Waals surface area contributed by atoms with Crippen LogP contribution < -0.4 is 5.73 Å². The van der Waals surface area contributed by atoms with Crippen LogP contribution in [0.1, 0.15) is 17.2 Å². The van der Waals surface area contributed by atoms with Crippen molar-refractivity contribution in [1.82, 2.24) is 0 Å². The topological polar surface area (TPSA) is 26.0 Å². The lowest BCUT2D eigenvalue weighted by Crippen LogP contribution is -2.13. The van der Waals surface area contributed by atoms with Gasteiger partial charge in [-0.3, -0.25) is 0 Å². The molecule has 2 aromatic rings. The fourth-order valence-corrected chi connectivity index (χ4v) is 1.94. The van der Waals surface area contributed by atoms with Crippen LogP contribution >= 0.6 is 11.6 Å². The van der Waals surface area contributed by atoms with Gasteiger partial charge < -0.3 is 5.73 Å². The van der Waals surface area contributed by atoms with Crippen molar-refractivity contribution in [2.75, 3.05) is 0 Å². The molecular weight excluding hydrogens is 263 g/mol. The van der Waals surface area contributed by atoms with Crippen molar-refractivity contribution in [1.29, 1.82) is 0 Å². The van der Waals surface area contributed by atoms with E-state index in [9.17, 15) is 13.2 Å². The minimum atomic E-state index is -0.890. The molecule has 2 aromatic carbocycles. The predicted molar refractivity (Wildman–Crippen MR) is 63.8 cm³/mol. The molecule has 2 N–H and O–H groups in total. The quantitative estimate of drug-likeness (QED) is 0.883. The molecule has 18 heavy (non-hydrogen) atoms. The molecule has 0 aliphatic heterocycles. The van der Waals surface area contributed by atoms with Crippen LogP contribution in [0, 0.1) is 17.5 Å². The fraction of sp³-hybridized carbons (Fsp3) is 0.0769. The van der Waals surface area contributed by atoms with E-state index in [-0.39, 0.29) is 16.1 Å². The SMILES string of the molecule is NC(c1cc(F)cc(F)c1)c1cccc(F)c1Cl. The third kappa shape index (κ3) is 2.49. The van der Waals surface area contributed by atoms with E-state index in [0.717, 1.165) is 18.2 Å². The van der Waals surface area contributed by atoms with E-state index in [0.29, 0.717) is 0 Å². The highest BCUT2D eigenvalue weighted by Crippen LogP contribution is 2.29. The summed E-state index contributed by atoms with van der Waals surface area (Å²) >= 11 is 5.78. The monoisotopic (exact) mass is 271 g/mol. The minimum absolute atomic E-state index is 0.144. The highest BCUT2D eigenvalue weighted by Gasteiger charge is 2.16. The van der Waals surface area contributed by atoms with Gasteiger partial charge in [-0.15, -0.1) is 0 Å². The maximum absolute atomic E-state index is 13.3. The third-order valence-electron chi connectivity index (χ3n) is 2.56. The van der Waals surface area contributed by atoms with E-state index in [4.69, 9.17) is 17.3 Å². The van der Waals surface area contributed by atoms with Crippen molar-refractivity contribution in [3.8, 4) is 0 Å². The number of rotatable bonds is 2. The maximum atomic E-state index is 13.3. The average molecular weight is 272 g/mol. The molecule has 2 rings (SSSR count). The Morgan fingerprint density at radius 3 is 2.22 bits per heavy atom. The smallest absolute Gasteiger partial charge is 0.142 e. The molecule has 0 saturated carbocycles. The zero-order valence-corrected chi connectivity index (χ0v) is 9.89. The normalized spacial score (nSPS) is 12.5. The molecule has 1 unspecified atom stereocenters. The van der Waals surface area contributed by atoms with Gasteiger partial charge in [0.2, 0.25) is 0 Å². The van der Waals surface area contributed by atoms with Crippen molar-refractivity contribution in [3.63, 3.8) is 0 Å². The second kappa shape index (κ2) is 5.00. The van der Waals surface area contributed by atoms with E-state index < -0.39 is 23.5 Å². The second-order valence-corrected chi connectivity index (χ2v) is 4.20. The summed E-state index contributed by atoms with van der Waals surface area (Å²) in [6.07, 6.45) is 0. The van der Waals surface area contributed by atoms with Crippen LogP contribution in [-0.2, 0) is 0 Å². The lowest BCUT2D eigenvalue weighted by Gasteiger charge is -2.14. The van der Waals surface area contributed by atoms with Crippen LogP contribution in [0.5, 0.6) is 0 Å². The molecule has 94 valence electrons. The summed E-state index contributed by atoms with van der Waals surface area (Å²) in [5.41, 5.74) is 6.31. The van der Waals surface area contributed by atoms with Gasteiger partial charge in [0.15, 0.2) is 0 Å². The van der Waals surface area contributed by atoms with E-state index in [1.54, 1.807) is 0 Å². The molecule has 0 amide bonds. The first-order valence-electron chi connectivity index (χ1n) is 5.14. The van der Waals surface area contributed by atoms with Crippen molar-refractivity contribution >= 4 is 11.6 Å². The fourth-order valence-electron chi connectivity index (χ4n) is 1.69. The van der Waals surface area contributed by atoms with Crippen molar-refractivity contribution in [2.24, 2.45) is 5.73 Å². The molecule has 0 aliphatic rings. The Balaban J connectivity index is 2.47. The number of nitrogens with two attached hydrogens (primary N) is 1. The van der Waals surface area contributed by atoms with Gasteiger partial charge in [0.05, 0.1) is 11.1 Å². The van der Waals surface area contributed by atoms with Gasteiger partial charge in [-0.2, -0.15) is 0 Å². The van der Waals surface area contributed by atoms with Gasteiger partial charge in [0.25, 0.3) is 0 Å². The Hall–Kier alpha value is -1.52. The number of benzene rings is 2. The summed E-state index contributed by atoms with van der Waals surface area (Å²) in [5, 5.41) is -0.144. The number of hydrogen-bond donors (Lipinski definition) is 1. The van der Waals surface area contributed by atoms with E-state index in [2.05, 4.69) is 0 Å². The molecule has 0 heterocycles. The second-order valence-electron chi connectivity index (χ2n) is 3.82. The van der Waals surface area contributed by atoms with E-state index in [1.807, 2.05) is 0 Å². The first-order valence-corrected chi connectivity index (χ1v) is 5.52. The van der Waals surface area contributed by atoms with Gasteiger partial charge in [0.1, 0.15) is 17.5 Å². The summed E-state index contributed by atoms with van der Waals surface area (Å²) in [5.74, 6) is -2.11. The van der Waals surface area contributed by atoms with Crippen LogP contribution in [0.4, 0.5) is 13.2 Å². The Morgan fingerprint density at radius 2 is 1.61 bits per heavy atom. The lowest BCUT2D eigenvalue weighted by molar-refractivity contribution is 0.577. The van der Waals surface area contributed by atoms with Crippen LogP contribution in [0.25, 0.3) is 0 Å². The van der Waals surface area contributed by atoms with Gasteiger partial charge in [-0.05, 0) is 29.3 Å². The van der Waals surface area contributed by atoms with Gasteiger partial charge in [-0.25, -0.2) is 13.2 Å². The molecule has 0 radical (unpaired) electrons. The summed E-state index contributed by atoms with van der Waals surface area (Å²) in [4.78, 5) is 0. The molecule has 1 atom stereocenters. The summed E-state index contributed by atoms with van der Waals surface area (Å²) in [7, 11) is 0. The van der Waals surface area contributed by atoms with E-state index in [1.165, 1.54) is 18.2 Å². The molecule has 0 aliphatic carbocycles. The Labute approximate surface area is 107 Å². The number of halogens is 4. The van der Waals surface area contributed by atoms with Gasteiger partial charge in [0, 0.05) is 6.07 Å². The summed E-state index contributed by atoms with van der Waals surface area (Å²) in [6.45, 7) is 0. The summed E-state index contributed by atoms with van der Waals surface area (Å²) in [6, 6.07) is 6.17. The molecular formula is C13H9ClF3N. The standard InChI is InChI=1S/C13H9ClF3N/c14-12-10(2-1-3-11(12)17)13(18)7-4-8(15)6-9(16)5-7/h1-6,13H,18H2. The summed E-state index contributed by atoms with van der Waals surface area (Å²) < 4.78 is 39.4. The average Bonchev–Trinajstić information content (AvgIpc) is 2.30. The highest BCUT2D eigenvalue weighted by molar-refractivity contribution is 6.31. The molecule has 5 heteroatoms. The van der Waals surface area contributed by atoms with Crippen LogP contribution in [0.2, 0.25) is 5.02 Å². The third-order valence-corrected chi connectivity index (χ3v) is 2.96. The van der Waals surface area contributed by atoms with Crippen LogP contribution in [-0.4, -0.2) is 0 Å². The first-order chi connectivity index (χ1) is 8.49. The zero-order valence-electron chi connectivity index (χ0n) is 9.13. The highest BCUT2D eigenvalue weighted by atomic mass is 35.5. The lowest BCUT2D eigenvalue weighted by atomic mass is 9.99. The zero-order chi connectivity index (χ0) is 13.3. The van der Waals surface area contributed by atoms with Crippen molar-refractivity contribution in [2.45, 2.75) is 6.04 Å². The Kier molecular flexibility index (Phi) is 3.59. The van der Waals surface area contributed by atoms with Crippen LogP contribution in [0.3, 0.4) is 0 Å². The molecule has 0 aromatic heterocycles. The van der Waals surface area contributed by atoms with E-state index >= 15 is 0 Å². The predicted octanol–water partition coefficient (Wildman–Crippen LogP) is 3.81. The Morgan fingerprint density at radius 1 is 1.00 bits per heavy atom. The molecule has 0 bridgehead atoms. The van der Waals surface area contributed by atoms with Gasteiger partial charge in [-0.1, -0.05) is 23.7 Å². The number of hydrogen-bond acceptors (Lipinski definition) is 1. The molecule has 0 fully saturated rings. The first kappa shape index (κ1) is 12.9. The minimum Gasteiger partial charge on any atom is -0.320 e. The Bertz CT molecular complexity index is 566. The van der Waals surface area contributed by atoms with Crippen LogP contribution in [0.15, 0.2) is 36.4 Å². The molecule has 0 saturated heterocycles.